The Kier molecular flexibility index (Phi) is 7.29. The molecule has 0 radical (unpaired) electrons. The second-order valence-corrected chi connectivity index (χ2v) is 8.63. The molecule has 28 heavy (non-hydrogen) atoms. The molecule has 1 aromatic carbocycles. The molecule has 0 aliphatic heterocycles. The van der Waals surface area contributed by atoms with Crippen LogP contribution in [0.5, 0.6) is 0 Å². The molecule has 1 amide bonds. The van der Waals surface area contributed by atoms with Gasteiger partial charge in [-0.05, 0) is 43.4 Å². The third kappa shape index (κ3) is 5.24. The minimum Gasteiger partial charge on any atom is -0.349 e. The Labute approximate surface area is 175 Å². The van der Waals surface area contributed by atoms with Crippen LogP contribution in [-0.2, 0) is 13.5 Å². The van der Waals surface area contributed by atoms with Gasteiger partial charge in [0.2, 0.25) is 0 Å². The standard InChI is InChI=1S/C22H26ClN3OS/c1-3-8-17(12-7-11-16-9-5-4-6-10-16)25-22(27)20-15-18(21(23)28-20)19-13-14-24-26(19)2/h4-6,9-10,13-15,17H,3,7-8,11-12H2,1-2H3,(H,25,27)/t17-/m0/s1. The van der Waals surface area contributed by atoms with Gasteiger partial charge in [-0.2, -0.15) is 5.10 Å². The van der Waals surface area contributed by atoms with Crippen LogP contribution in [0.2, 0.25) is 4.34 Å². The van der Waals surface area contributed by atoms with Crippen LogP contribution in [0.1, 0.15) is 47.8 Å². The zero-order valence-electron chi connectivity index (χ0n) is 16.3. The highest BCUT2D eigenvalue weighted by atomic mass is 35.5. The van der Waals surface area contributed by atoms with Gasteiger partial charge in [-0.3, -0.25) is 9.48 Å². The van der Waals surface area contributed by atoms with Gasteiger partial charge in [-0.25, -0.2) is 0 Å². The third-order valence-corrected chi connectivity index (χ3v) is 6.20. The van der Waals surface area contributed by atoms with Gasteiger partial charge in [0.15, 0.2) is 0 Å². The van der Waals surface area contributed by atoms with Gasteiger partial charge in [0.25, 0.3) is 5.91 Å². The molecule has 0 aliphatic rings. The number of aryl methyl sites for hydroxylation is 2. The molecule has 1 N–H and O–H groups in total. The highest BCUT2D eigenvalue weighted by Crippen LogP contribution is 2.35. The number of rotatable bonds is 9. The summed E-state index contributed by atoms with van der Waals surface area (Å²) in [5, 5.41) is 7.39. The predicted octanol–water partition coefficient (Wildman–Crippen LogP) is 5.72. The summed E-state index contributed by atoms with van der Waals surface area (Å²) in [6.45, 7) is 2.15. The topological polar surface area (TPSA) is 46.9 Å². The van der Waals surface area contributed by atoms with E-state index in [1.54, 1.807) is 10.9 Å². The molecule has 0 saturated carbocycles. The van der Waals surface area contributed by atoms with Crippen LogP contribution in [0, 0.1) is 0 Å². The average Bonchev–Trinajstić information content (AvgIpc) is 3.28. The number of aromatic nitrogens is 2. The molecule has 0 bridgehead atoms. The number of halogens is 1. The lowest BCUT2D eigenvalue weighted by molar-refractivity contribution is 0.0936. The highest BCUT2D eigenvalue weighted by molar-refractivity contribution is 7.18. The molecule has 3 aromatic rings. The number of nitrogens with zero attached hydrogens (tertiary/aromatic N) is 2. The van der Waals surface area contributed by atoms with Gasteiger partial charge in [0, 0.05) is 24.8 Å². The van der Waals surface area contributed by atoms with Crippen molar-refractivity contribution in [1.29, 1.82) is 0 Å². The van der Waals surface area contributed by atoms with Crippen LogP contribution < -0.4 is 5.32 Å². The molecule has 0 spiro atoms. The minimum absolute atomic E-state index is 0.0431. The summed E-state index contributed by atoms with van der Waals surface area (Å²) in [6.07, 6.45) is 6.82. The molecule has 3 rings (SSSR count). The van der Waals surface area contributed by atoms with E-state index in [-0.39, 0.29) is 11.9 Å². The summed E-state index contributed by atoms with van der Waals surface area (Å²) in [6, 6.07) is 14.4. The molecule has 0 fully saturated rings. The number of hydrogen-bond acceptors (Lipinski definition) is 3. The molecule has 1 atom stereocenters. The quantitative estimate of drug-likeness (QED) is 0.485. The average molecular weight is 416 g/mol. The van der Waals surface area contributed by atoms with Gasteiger partial charge < -0.3 is 5.32 Å². The molecule has 2 heterocycles. The van der Waals surface area contributed by atoms with Crippen LogP contribution in [0.15, 0.2) is 48.7 Å². The maximum absolute atomic E-state index is 12.8. The summed E-state index contributed by atoms with van der Waals surface area (Å²) in [5.41, 5.74) is 3.11. The van der Waals surface area contributed by atoms with E-state index in [4.69, 9.17) is 11.6 Å². The first kappa shape index (κ1) is 20.6. The Hall–Kier alpha value is -2.11. The van der Waals surface area contributed by atoms with E-state index in [1.165, 1.54) is 16.9 Å². The number of carbonyl (C=O) groups excluding carboxylic acids is 1. The molecular weight excluding hydrogens is 390 g/mol. The van der Waals surface area contributed by atoms with E-state index >= 15 is 0 Å². The second kappa shape index (κ2) is 9.89. The molecule has 4 nitrogen and oxygen atoms in total. The summed E-state index contributed by atoms with van der Waals surface area (Å²) in [5.74, 6) is -0.0431. The normalized spacial score (nSPS) is 12.1. The van der Waals surface area contributed by atoms with E-state index in [0.717, 1.165) is 43.4 Å². The van der Waals surface area contributed by atoms with Crippen molar-refractivity contribution >= 4 is 28.8 Å². The van der Waals surface area contributed by atoms with Crippen molar-refractivity contribution in [1.82, 2.24) is 15.1 Å². The fraction of sp³-hybridized carbons (Fsp3) is 0.364. The first-order valence-corrected chi connectivity index (χ1v) is 10.9. The maximum atomic E-state index is 12.8. The van der Waals surface area contributed by atoms with Crippen molar-refractivity contribution < 1.29 is 4.79 Å². The lowest BCUT2D eigenvalue weighted by atomic mass is 10.0. The Morgan fingerprint density at radius 1 is 1.25 bits per heavy atom. The number of thiophene rings is 1. The Bertz CT molecular complexity index is 904. The van der Waals surface area contributed by atoms with Gasteiger partial charge in [-0.15, -0.1) is 11.3 Å². The lowest BCUT2D eigenvalue weighted by Gasteiger charge is -2.17. The van der Waals surface area contributed by atoms with Crippen molar-refractivity contribution in [3.05, 3.63) is 63.4 Å². The predicted molar refractivity (Wildman–Crippen MR) is 117 cm³/mol. The van der Waals surface area contributed by atoms with Crippen LogP contribution in [0.3, 0.4) is 0 Å². The number of carbonyl (C=O) groups is 1. The molecular formula is C22H26ClN3OS. The summed E-state index contributed by atoms with van der Waals surface area (Å²) >= 11 is 7.72. The number of benzene rings is 1. The van der Waals surface area contributed by atoms with Gasteiger partial charge in [0.1, 0.15) is 4.34 Å². The zero-order chi connectivity index (χ0) is 19.9. The lowest BCUT2D eigenvalue weighted by Crippen LogP contribution is -2.34. The van der Waals surface area contributed by atoms with Crippen molar-refractivity contribution in [2.24, 2.45) is 7.05 Å². The van der Waals surface area contributed by atoms with Crippen LogP contribution in [0.25, 0.3) is 11.3 Å². The Morgan fingerprint density at radius 3 is 2.71 bits per heavy atom. The fourth-order valence-corrected chi connectivity index (χ4v) is 4.58. The van der Waals surface area contributed by atoms with E-state index in [1.807, 2.05) is 25.2 Å². The van der Waals surface area contributed by atoms with Gasteiger partial charge in [0.05, 0.1) is 10.6 Å². The number of nitrogens with one attached hydrogen (secondary N) is 1. The Balaban J connectivity index is 1.61. The monoisotopic (exact) mass is 415 g/mol. The third-order valence-electron chi connectivity index (χ3n) is 4.84. The largest absolute Gasteiger partial charge is 0.349 e. The van der Waals surface area contributed by atoms with Crippen molar-refractivity contribution in [3.63, 3.8) is 0 Å². The first-order chi connectivity index (χ1) is 13.6. The van der Waals surface area contributed by atoms with Crippen molar-refractivity contribution in [3.8, 4) is 11.3 Å². The van der Waals surface area contributed by atoms with Gasteiger partial charge in [-0.1, -0.05) is 55.3 Å². The summed E-state index contributed by atoms with van der Waals surface area (Å²) in [7, 11) is 1.87. The molecule has 0 unspecified atom stereocenters. The van der Waals surface area contributed by atoms with Crippen molar-refractivity contribution in [2.45, 2.75) is 45.1 Å². The number of hydrogen-bond donors (Lipinski definition) is 1. The Morgan fingerprint density at radius 2 is 2.04 bits per heavy atom. The van der Waals surface area contributed by atoms with Crippen LogP contribution in [-0.4, -0.2) is 21.7 Å². The molecule has 148 valence electrons. The van der Waals surface area contributed by atoms with Crippen LogP contribution in [0.4, 0.5) is 0 Å². The number of amides is 1. The second-order valence-electron chi connectivity index (χ2n) is 6.97. The van der Waals surface area contributed by atoms with E-state index in [2.05, 4.69) is 41.6 Å². The minimum atomic E-state index is -0.0431. The van der Waals surface area contributed by atoms with E-state index < -0.39 is 0 Å². The molecule has 6 heteroatoms. The van der Waals surface area contributed by atoms with Crippen molar-refractivity contribution in [2.75, 3.05) is 0 Å². The smallest absolute Gasteiger partial charge is 0.261 e. The summed E-state index contributed by atoms with van der Waals surface area (Å²) < 4.78 is 2.38. The fourth-order valence-electron chi connectivity index (χ4n) is 3.38. The van der Waals surface area contributed by atoms with E-state index in [0.29, 0.717) is 9.21 Å². The SMILES string of the molecule is CCC[C@@H](CCCc1ccccc1)NC(=O)c1cc(-c2ccnn2C)c(Cl)s1. The zero-order valence-corrected chi connectivity index (χ0v) is 17.9. The van der Waals surface area contributed by atoms with E-state index in [9.17, 15) is 4.79 Å². The van der Waals surface area contributed by atoms with Gasteiger partial charge >= 0.3 is 0 Å². The molecule has 0 aliphatic carbocycles. The molecule has 0 saturated heterocycles. The molecule has 2 aromatic heterocycles. The first-order valence-electron chi connectivity index (χ1n) is 9.71. The highest BCUT2D eigenvalue weighted by Gasteiger charge is 2.19. The maximum Gasteiger partial charge on any atom is 0.261 e. The summed E-state index contributed by atoms with van der Waals surface area (Å²) in [4.78, 5) is 13.4. The van der Waals surface area contributed by atoms with Crippen LogP contribution >= 0.6 is 22.9 Å².